The Kier molecular flexibility index (Phi) is 5.93. The average Bonchev–Trinajstić information content (AvgIpc) is 2.96. The van der Waals surface area contributed by atoms with Crippen LogP contribution in [0.2, 0.25) is 0 Å². The highest BCUT2D eigenvalue weighted by molar-refractivity contribution is 8.18. The van der Waals surface area contributed by atoms with Gasteiger partial charge in [-0.15, -0.1) is 0 Å². The molecule has 4 nitrogen and oxygen atoms in total. The molecule has 2 heterocycles. The van der Waals surface area contributed by atoms with Gasteiger partial charge in [-0.3, -0.25) is 14.5 Å². The lowest BCUT2D eigenvalue weighted by atomic mass is 9.79. The number of carbonyl (C=O) groups excluding carboxylic acids is 2. The van der Waals surface area contributed by atoms with Crippen LogP contribution in [-0.2, 0) is 11.3 Å². The first kappa shape index (κ1) is 22.6. The highest BCUT2D eigenvalue weighted by atomic mass is 32.2. The van der Waals surface area contributed by atoms with E-state index in [9.17, 15) is 14.0 Å². The standard InChI is InChI=1S/C26H29FN2O2S/c1-16(2)29-22-11-8-19(12-21(22)17(3)14-26(29,4)5)13-23-24(30)28(25(31)32-23)15-18-6-9-20(27)10-7-18/h6-13,16-17H,14-15H2,1-5H3/b23-13-/t17-/m1/s1. The summed E-state index contributed by atoms with van der Waals surface area (Å²) in [6, 6.07) is 12.5. The number of rotatable bonds is 4. The van der Waals surface area contributed by atoms with Gasteiger partial charge in [0.05, 0.1) is 11.4 Å². The number of fused-ring (bicyclic) bond motifs is 1. The molecule has 0 aromatic heterocycles. The lowest BCUT2D eigenvalue weighted by Crippen LogP contribution is -2.51. The highest BCUT2D eigenvalue weighted by Crippen LogP contribution is 2.45. The fraction of sp³-hybridized carbons (Fsp3) is 0.385. The number of nitrogens with zero attached hydrogens (tertiary/aromatic N) is 2. The van der Waals surface area contributed by atoms with Gasteiger partial charge < -0.3 is 4.90 Å². The van der Waals surface area contributed by atoms with Crippen molar-refractivity contribution in [1.29, 1.82) is 0 Å². The molecule has 2 aromatic rings. The summed E-state index contributed by atoms with van der Waals surface area (Å²) in [4.78, 5) is 29.5. The van der Waals surface area contributed by atoms with Crippen LogP contribution in [0.1, 0.15) is 63.6 Å². The minimum Gasteiger partial charge on any atom is -0.364 e. The smallest absolute Gasteiger partial charge is 0.293 e. The zero-order valence-electron chi connectivity index (χ0n) is 19.2. The van der Waals surface area contributed by atoms with E-state index in [1.807, 2.05) is 12.1 Å². The normalized spacial score (nSPS) is 21.6. The molecule has 4 rings (SSSR count). The van der Waals surface area contributed by atoms with Crippen molar-refractivity contribution in [2.75, 3.05) is 4.90 Å². The van der Waals surface area contributed by atoms with Crippen LogP contribution in [0.25, 0.3) is 6.08 Å². The molecular formula is C26H29FN2O2S. The second-order valence-electron chi connectivity index (χ2n) is 9.59. The molecule has 0 unspecified atom stereocenters. The van der Waals surface area contributed by atoms with E-state index in [0.29, 0.717) is 22.4 Å². The third-order valence-corrected chi connectivity index (χ3v) is 7.15. The van der Waals surface area contributed by atoms with Gasteiger partial charge in [0.15, 0.2) is 0 Å². The molecule has 2 amide bonds. The van der Waals surface area contributed by atoms with Gasteiger partial charge in [-0.05, 0) is 98.8 Å². The molecule has 0 N–H and O–H groups in total. The monoisotopic (exact) mass is 452 g/mol. The molecule has 0 spiro atoms. The number of carbonyl (C=O) groups is 2. The Bertz CT molecular complexity index is 1090. The molecular weight excluding hydrogens is 423 g/mol. The summed E-state index contributed by atoms with van der Waals surface area (Å²) in [5.41, 5.74) is 4.23. The molecule has 6 heteroatoms. The van der Waals surface area contributed by atoms with E-state index in [2.05, 4.69) is 51.7 Å². The third kappa shape index (κ3) is 4.20. The Hall–Kier alpha value is -2.60. The molecule has 168 valence electrons. The average molecular weight is 453 g/mol. The Morgan fingerprint density at radius 1 is 1.16 bits per heavy atom. The third-order valence-electron chi connectivity index (χ3n) is 6.24. The molecule has 0 radical (unpaired) electrons. The summed E-state index contributed by atoms with van der Waals surface area (Å²) < 4.78 is 13.2. The van der Waals surface area contributed by atoms with Crippen LogP contribution in [0, 0.1) is 5.82 Å². The fourth-order valence-electron chi connectivity index (χ4n) is 5.10. The maximum atomic E-state index is 13.2. The van der Waals surface area contributed by atoms with Crippen molar-refractivity contribution < 1.29 is 14.0 Å². The van der Waals surface area contributed by atoms with Crippen molar-refractivity contribution in [2.24, 2.45) is 0 Å². The summed E-state index contributed by atoms with van der Waals surface area (Å²) >= 11 is 0.956. The molecule has 0 saturated carbocycles. The Labute approximate surface area is 193 Å². The van der Waals surface area contributed by atoms with Gasteiger partial charge in [0.25, 0.3) is 11.1 Å². The van der Waals surface area contributed by atoms with Gasteiger partial charge >= 0.3 is 0 Å². The van der Waals surface area contributed by atoms with Crippen LogP contribution in [-0.4, -0.2) is 27.6 Å². The fourth-order valence-corrected chi connectivity index (χ4v) is 5.94. The predicted molar refractivity (Wildman–Crippen MR) is 129 cm³/mol. The van der Waals surface area contributed by atoms with E-state index in [-0.39, 0.29) is 29.0 Å². The molecule has 2 aliphatic rings. The molecule has 0 aliphatic carbocycles. The van der Waals surface area contributed by atoms with Crippen LogP contribution in [0.3, 0.4) is 0 Å². The number of thioether (sulfide) groups is 1. The van der Waals surface area contributed by atoms with Gasteiger partial charge in [-0.25, -0.2) is 4.39 Å². The zero-order chi connectivity index (χ0) is 23.2. The summed E-state index contributed by atoms with van der Waals surface area (Å²) in [6.07, 6.45) is 2.86. The molecule has 0 bridgehead atoms. The second-order valence-corrected chi connectivity index (χ2v) is 10.6. The van der Waals surface area contributed by atoms with Crippen molar-refractivity contribution in [2.45, 2.75) is 65.1 Å². The summed E-state index contributed by atoms with van der Waals surface area (Å²) in [6.45, 7) is 11.4. The Balaban J connectivity index is 1.61. The van der Waals surface area contributed by atoms with E-state index >= 15 is 0 Å². The molecule has 2 aromatic carbocycles. The predicted octanol–water partition coefficient (Wildman–Crippen LogP) is 6.56. The van der Waals surface area contributed by atoms with Gasteiger partial charge in [-0.2, -0.15) is 0 Å². The zero-order valence-corrected chi connectivity index (χ0v) is 20.0. The van der Waals surface area contributed by atoms with Crippen LogP contribution in [0.15, 0.2) is 47.4 Å². The number of halogens is 1. The molecule has 32 heavy (non-hydrogen) atoms. The first-order chi connectivity index (χ1) is 15.1. The van der Waals surface area contributed by atoms with Crippen LogP contribution >= 0.6 is 11.8 Å². The maximum Gasteiger partial charge on any atom is 0.293 e. The molecule has 2 aliphatic heterocycles. The van der Waals surface area contributed by atoms with Gasteiger partial charge in [0, 0.05) is 17.3 Å². The number of anilines is 1. The van der Waals surface area contributed by atoms with Crippen LogP contribution in [0.5, 0.6) is 0 Å². The SMILES string of the molecule is CC(C)N1c2ccc(/C=C3\SC(=O)N(Cc4ccc(F)cc4)C3=O)cc2[C@H](C)CC1(C)C. The Morgan fingerprint density at radius 2 is 1.84 bits per heavy atom. The number of hydrogen-bond acceptors (Lipinski definition) is 4. The van der Waals surface area contributed by atoms with Crippen molar-refractivity contribution in [3.05, 3.63) is 69.9 Å². The second kappa shape index (κ2) is 8.39. The number of amides is 2. The topological polar surface area (TPSA) is 40.6 Å². The Morgan fingerprint density at radius 3 is 2.50 bits per heavy atom. The molecule has 1 fully saturated rings. The number of hydrogen-bond donors (Lipinski definition) is 0. The first-order valence-corrected chi connectivity index (χ1v) is 11.8. The summed E-state index contributed by atoms with van der Waals surface area (Å²) in [5.74, 6) is -0.249. The number of imide groups is 1. The molecule has 1 saturated heterocycles. The lowest BCUT2D eigenvalue weighted by molar-refractivity contribution is -0.123. The van der Waals surface area contributed by atoms with Gasteiger partial charge in [-0.1, -0.05) is 25.1 Å². The van der Waals surface area contributed by atoms with Crippen LogP contribution in [0.4, 0.5) is 14.9 Å². The van der Waals surface area contributed by atoms with Crippen molar-refractivity contribution in [3.8, 4) is 0 Å². The van der Waals surface area contributed by atoms with Crippen molar-refractivity contribution in [3.63, 3.8) is 0 Å². The lowest BCUT2D eigenvalue weighted by Gasteiger charge is -2.50. The van der Waals surface area contributed by atoms with E-state index in [4.69, 9.17) is 0 Å². The maximum absolute atomic E-state index is 13.2. The van der Waals surface area contributed by atoms with Crippen molar-refractivity contribution in [1.82, 2.24) is 4.90 Å². The van der Waals surface area contributed by atoms with E-state index < -0.39 is 0 Å². The largest absolute Gasteiger partial charge is 0.364 e. The highest BCUT2D eigenvalue weighted by Gasteiger charge is 2.38. The minimum atomic E-state index is -0.344. The van der Waals surface area contributed by atoms with E-state index in [1.54, 1.807) is 12.1 Å². The van der Waals surface area contributed by atoms with Gasteiger partial charge in [0.2, 0.25) is 0 Å². The summed E-state index contributed by atoms with van der Waals surface area (Å²) in [5, 5.41) is -0.301. The van der Waals surface area contributed by atoms with Gasteiger partial charge in [0.1, 0.15) is 5.82 Å². The number of benzene rings is 2. The summed E-state index contributed by atoms with van der Waals surface area (Å²) in [7, 11) is 0. The van der Waals surface area contributed by atoms with Crippen LogP contribution < -0.4 is 4.90 Å². The first-order valence-electron chi connectivity index (χ1n) is 11.0. The van der Waals surface area contributed by atoms with E-state index in [1.165, 1.54) is 28.3 Å². The molecule has 1 atom stereocenters. The quantitative estimate of drug-likeness (QED) is 0.493. The van der Waals surface area contributed by atoms with E-state index in [0.717, 1.165) is 23.7 Å². The minimum absolute atomic E-state index is 0.0745. The van der Waals surface area contributed by atoms with Crippen molar-refractivity contribution >= 4 is 34.7 Å².